The van der Waals surface area contributed by atoms with Gasteiger partial charge in [0.2, 0.25) is 5.91 Å². The number of hydrogen-bond donors (Lipinski definition) is 2. The number of nitrogens with zero attached hydrogens (tertiary/aromatic N) is 3. The Hall–Kier alpha value is -2.55. The first kappa shape index (κ1) is 20.2. The molecule has 0 aliphatic carbocycles. The van der Waals surface area contributed by atoms with Gasteiger partial charge in [-0.15, -0.1) is 10.2 Å². The third-order valence-corrected chi connectivity index (χ3v) is 5.37. The number of hydrogen-bond acceptors (Lipinski definition) is 6. The van der Waals surface area contributed by atoms with Crippen LogP contribution in [-0.2, 0) is 11.2 Å². The standard InChI is InChI=1S/C19H25N5O3S/c1-12(2)8-9-28-19-23-22-16(10-13-11-17(25)21-18(26)20-13)24(19)14-4-6-15(27-3)7-5-14/h4-7,12-13H,8-11H2,1-3H3,(H2,20,21,25,26). The van der Waals surface area contributed by atoms with Gasteiger partial charge in [0, 0.05) is 30.3 Å². The summed E-state index contributed by atoms with van der Waals surface area (Å²) in [6, 6.07) is 6.89. The van der Waals surface area contributed by atoms with Crippen molar-refractivity contribution in [2.24, 2.45) is 5.92 Å². The molecular formula is C19H25N5O3S. The fraction of sp³-hybridized carbons (Fsp3) is 0.474. The molecule has 1 aromatic heterocycles. The van der Waals surface area contributed by atoms with Crippen molar-refractivity contribution in [1.29, 1.82) is 0 Å². The van der Waals surface area contributed by atoms with Gasteiger partial charge in [-0.2, -0.15) is 0 Å². The second-order valence-corrected chi connectivity index (χ2v) is 8.15. The average molecular weight is 404 g/mol. The van der Waals surface area contributed by atoms with E-state index in [1.807, 2.05) is 28.8 Å². The third-order valence-electron chi connectivity index (χ3n) is 4.41. The number of ether oxygens (including phenoxy) is 1. The van der Waals surface area contributed by atoms with Crippen molar-refractivity contribution in [3.8, 4) is 11.4 Å². The monoisotopic (exact) mass is 403 g/mol. The highest BCUT2D eigenvalue weighted by molar-refractivity contribution is 7.99. The third kappa shape index (κ3) is 5.03. The number of amides is 3. The first-order valence-electron chi connectivity index (χ1n) is 9.28. The molecule has 1 aliphatic heterocycles. The number of nitrogens with one attached hydrogen (secondary N) is 2. The summed E-state index contributed by atoms with van der Waals surface area (Å²) >= 11 is 1.66. The van der Waals surface area contributed by atoms with Crippen LogP contribution in [0.4, 0.5) is 4.79 Å². The molecule has 0 radical (unpaired) electrons. The van der Waals surface area contributed by atoms with E-state index in [0.29, 0.717) is 18.2 Å². The van der Waals surface area contributed by atoms with Gasteiger partial charge >= 0.3 is 6.03 Å². The highest BCUT2D eigenvalue weighted by atomic mass is 32.2. The van der Waals surface area contributed by atoms with Crippen LogP contribution in [0.3, 0.4) is 0 Å². The Kier molecular flexibility index (Phi) is 6.56. The molecule has 28 heavy (non-hydrogen) atoms. The lowest BCUT2D eigenvalue weighted by Gasteiger charge is -2.23. The Bertz CT molecular complexity index is 819. The number of aromatic nitrogens is 3. The van der Waals surface area contributed by atoms with Crippen molar-refractivity contribution >= 4 is 23.7 Å². The van der Waals surface area contributed by atoms with Crippen molar-refractivity contribution < 1.29 is 14.3 Å². The Morgan fingerprint density at radius 1 is 1.25 bits per heavy atom. The van der Waals surface area contributed by atoms with Crippen LogP contribution in [0.5, 0.6) is 5.75 Å². The topological polar surface area (TPSA) is 98.1 Å². The van der Waals surface area contributed by atoms with E-state index in [-0.39, 0.29) is 18.4 Å². The van der Waals surface area contributed by atoms with E-state index in [9.17, 15) is 9.59 Å². The summed E-state index contributed by atoms with van der Waals surface area (Å²) in [6.45, 7) is 4.38. The van der Waals surface area contributed by atoms with Crippen LogP contribution in [0.1, 0.15) is 32.5 Å². The predicted molar refractivity (Wildman–Crippen MR) is 107 cm³/mol. The van der Waals surface area contributed by atoms with Gasteiger partial charge in [-0.1, -0.05) is 25.6 Å². The highest BCUT2D eigenvalue weighted by Crippen LogP contribution is 2.26. The van der Waals surface area contributed by atoms with Gasteiger partial charge < -0.3 is 10.1 Å². The maximum absolute atomic E-state index is 11.7. The summed E-state index contributed by atoms with van der Waals surface area (Å²) in [5.41, 5.74) is 0.916. The molecule has 2 N–H and O–H groups in total. The molecule has 3 rings (SSSR count). The van der Waals surface area contributed by atoms with Crippen molar-refractivity contribution in [2.75, 3.05) is 12.9 Å². The summed E-state index contributed by atoms with van der Waals surface area (Å²) < 4.78 is 7.23. The van der Waals surface area contributed by atoms with Crippen LogP contribution in [0.2, 0.25) is 0 Å². The smallest absolute Gasteiger partial charge is 0.321 e. The van der Waals surface area contributed by atoms with Gasteiger partial charge in [-0.3, -0.25) is 14.7 Å². The van der Waals surface area contributed by atoms with E-state index in [4.69, 9.17) is 4.74 Å². The Balaban J connectivity index is 1.86. The van der Waals surface area contributed by atoms with Gasteiger partial charge in [0.05, 0.1) is 7.11 Å². The molecule has 1 atom stereocenters. The fourth-order valence-corrected chi connectivity index (χ4v) is 4.13. The second-order valence-electron chi connectivity index (χ2n) is 7.09. The van der Waals surface area contributed by atoms with Crippen LogP contribution in [0.15, 0.2) is 29.4 Å². The number of urea groups is 1. The Morgan fingerprint density at radius 2 is 2.00 bits per heavy atom. The lowest BCUT2D eigenvalue weighted by atomic mass is 10.1. The van der Waals surface area contributed by atoms with Gasteiger partial charge in [0.15, 0.2) is 5.16 Å². The summed E-state index contributed by atoms with van der Waals surface area (Å²) in [5.74, 6) is 2.74. The van der Waals surface area contributed by atoms with Crippen LogP contribution < -0.4 is 15.4 Å². The number of carbonyl (C=O) groups is 2. The van der Waals surface area contributed by atoms with Gasteiger partial charge in [-0.25, -0.2) is 4.79 Å². The van der Waals surface area contributed by atoms with Crippen molar-refractivity contribution in [2.45, 2.75) is 44.3 Å². The average Bonchev–Trinajstić information content (AvgIpc) is 3.03. The molecule has 1 aromatic carbocycles. The first-order valence-corrected chi connectivity index (χ1v) is 10.3. The molecule has 0 spiro atoms. The lowest BCUT2D eigenvalue weighted by molar-refractivity contribution is -0.121. The molecule has 1 fully saturated rings. The summed E-state index contributed by atoms with van der Waals surface area (Å²) in [5, 5.41) is 14.5. The Labute approximate surface area is 168 Å². The second kappa shape index (κ2) is 9.09. The van der Waals surface area contributed by atoms with Gasteiger partial charge in [0.1, 0.15) is 11.6 Å². The van der Waals surface area contributed by atoms with Crippen LogP contribution in [0.25, 0.3) is 5.69 Å². The van der Waals surface area contributed by atoms with Crippen molar-refractivity contribution in [3.63, 3.8) is 0 Å². The summed E-state index contributed by atoms with van der Waals surface area (Å²) in [4.78, 5) is 23.3. The molecular weight excluding hydrogens is 378 g/mol. The van der Waals surface area contributed by atoms with Crippen molar-refractivity contribution in [3.05, 3.63) is 30.1 Å². The zero-order valence-corrected chi connectivity index (χ0v) is 17.1. The predicted octanol–water partition coefficient (Wildman–Crippen LogP) is 2.55. The number of benzene rings is 1. The Morgan fingerprint density at radius 3 is 2.64 bits per heavy atom. The van der Waals surface area contributed by atoms with E-state index in [2.05, 4.69) is 34.7 Å². The molecule has 9 heteroatoms. The normalized spacial score (nSPS) is 16.8. The quantitative estimate of drug-likeness (QED) is 0.658. The lowest BCUT2D eigenvalue weighted by Crippen LogP contribution is -2.53. The molecule has 8 nitrogen and oxygen atoms in total. The van der Waals surface area contributed by atoms with Crippen LogP contribution >= 0.6 is 11.8 Å². The first-order chi connectivity index (χ1) is 13.5. The maximum atomic E-state index is 11.7. The summed E-state index contributed by atoms with van der Waals surface area (Å²) in [7, 11) is 1.63. The number of rotatable bonds is 8. The molecule has 2 aromatic rings. The molecule has 1 saturated heterocycles. The largest absolute Gasteiger partial charge is 0.497 e. The van der Waals surface area contributed by atoms with Crippen LogP contribution in [0, 0.1) is 5.92 Å². The van der Waals surface area contributed by atoms with Crippen LogP contribution in [-0.4, -0.2) is 45.6 Å². The SMILES string of the molecule is COc1ccc(-n2c(CC3CC(=O)NC(=O)N3)nnc2SCCC(C)C)cc1. The molecule has 0 bridgehead atoms. The van der Waals surface area contributed by atoms with E-state index in [1.54, 1.807) is 18.9 Å². The van der Waals surface area contributed by atoms with Gasteiger partial charge in [-0.05, 0) is 36.6 Å². The molecule has 2 heterocycles. The molecule has 1 aliphatic rings. The zero-order valence-electron chi connectivity index (χ0n) is 16.3. The molecule has 0 saturated carbocycles. The molecule has 3 amide bonds. The minimum Gasteiger partial charge on any atom is -0.497 e. The molecule has 150 valence electrons. The van der Waals surface area contributed by atoms with E-state index in [0.717, 1.165) is 28.8 Å². The highest BCUT2D eigenvalue weighted by Gasteiger charge is 2.26. The number of imide groups is 1. The van der Waals surface area contributed by atoms with E-state index < -0.39 is 6.03 Å². The van der Waals surface area contributed by atoms with E-state index in [1.165, 1.54) is 0 Å². The number of carbonyl (C=O) groups excluding carboxylic acids is 2. The number of methoxy groups -OCH3 is 1. The fourth-order valence-electron chi connectivity index (χ4n) is 2.92. The molecule has 1 unspecified atom stereocenters. The summed E-state index contributed by atoms with van der Waals surface area (Å²) in [6.07, 6.45) is 1.72. The van der Waals surface area contributed by atoms with E-state index >= 15 is 0 Å². The van der Waals surface area contributed by atoms with Gasteiger partial charge in [0.25, 0.3) is 0 Å². The number of thioether (sulfide) groups is 1. The minimum absolute atomic E-state index is 0.219. The van der Waals surface area contributed by atoms with Crippen molar-refractivity contribution in [1.82, 2.24) is 25.4 Å². The zero-order chi connectivity index (χ0) is 20.1. The minimum atomic E-state index is -0.469. The maximum Gasteiger partial charge on any atom is 0.321 e.